The zero-order valence-electron chi connectivity index (χ0n) is 10.8. The minimum absolute atomic E-state index is 0.0318. The van der Waals surface area contributed by atoms with E-state index < -0.39 is 4.92 Å². The van der Waals surface area contributed by atoms with E-state index in [4.69, 9.17) is 9.47 Å². The van der Waals surface area contributed by atoms with Crippen molar-refractivity contribution < 1.29 is 19.5 Å². The zero-order chi connectivity index (χ0) is 14.5. The second kappa shape index (κ2) is 5.92. The summed E-state index contributed by atoms with van der Waals surface area (Å²) in [7, 11) is 1.29. The second-order valence-corrected chi connectivity index (χ2v) is 4.03. The fourth-order valence-electron chi connectivity index (χ4n) is 1.75. The summed E-state index contributed by atoms with van der Waals surface area (Å²) in [5, 5.41) is 20.6. The molecular formula is C14H13NO5. The largest absolute Gasteiger partial charge is 0.508 e. The van der Waals surface area contributed by atoms with E-state index in [1.165, 1.54) is 19.2 Å². The normalized spacial score (nSPS) is 10.1. The van der Waals surface area contributed by atoms with Crippen LogP contribution < -0.4 is 9.47 Å². The number of nitro benzene ring substituents is 1. The molecule has 0 aliphatic heterocycles. The van der Waals surface area contributed by atoms with Gasteiger partial charge in [-0.3, -0.25) is 10.1 Å². The Morgan fingerprint density at radius 2 is 1.85 bits per heavy atom. The fourth-order valence-corrected chi connectivity index (χ4v) is 1.75. The maximum atomic E-state index is 11.1. The van der Waals surface area contributed by atoms with Crippen molar-refractivity contribution in [2.45, 2.75) is 6.61 Å². The third kappa shape index (κ3) is 2.97. The summed E-state index contributed by atoms with van der Waals surface area (Å²) >= 11 is 0. The highest BCUT2D eigenvalue weighted by Gasteiger charge is 2.23. The van der Waals surface area contributed by atoms with Crippen molar-refractivity contribution in [2.24, 2.45) is 0 Å². The first-order valence-corrected chi connectivity index (χ1v) is 5.84. The molecule has 0 saturated heterocycles. The molecule has 2 rings (SSSR count). The number of methoxy groups -OCH3 is 1. The van der Waals surface area contributed by atoms with Gasteiger partial charge >= 0.3 is 5.69 Å². The minimum Gasteiger partial charge on any atom is -0.508 e. The molecule has 0 aromatic heterocycles. The molecule has 0 unspecified atom stereocenters. The molecule has 0 aliphatic rings. The summed E-state index contributed by atoms with van der Waals surface area (Å²) in [6, 6.07) is 11.6. The van der Waals surface area contributed by atoms with Gasteiger partial charge in [-0.15, -0.1) is 0 Å². The number of phenols is 1. The Hall–Kier alpha value is -2.76. The first-order valence-electron chi connectivity index (χ1n) is 5.84. The Bertz CT molecular complexity index is 612. The molecule has 0 radical (unpaired) electrons. The van der Waals surface area contributed by atoms with Crippen LogP contribution in [0.1, 0.15) is 5.56 Å². The lowest BCUT2D eigenvalue weighted by atomic mass is 10.2. The summed E-state index contributed by atoms with van der Waals surface area (Å²) < 4.78 is 10.3. The van der Waals surface area contributed by atoms with E-state index in [0.717, 1.165) is 5.56 Å². The first kappa shape index (κ1) is 13.7. The topological polar surface area (TPSA) is 81.8 Å². The second-order valence-electron chi connectivity index (χ2n) is 4.03. The third-order valence-corrected chi connectivity index (χ3v) is 2.66. The predicted octanol–water partition coefficient (Wildman–Crippen LogP) is 2.89. The molecule has 6 nitrogen and oxygen atoms in total. The van der Waals surface area contributed by atoms with E-state index in [-0.39, 0.29) is 29.5 Å². The number of hydrogen-bond donors (Lipinski definition) is 1. The van der Waals surface area contributed by atoms with Gasteiger partial charge in [0.25, 0.3) is 0 Å². The summed E-state index contributed by atoms with van der Waals surface area (Å²) in [4.78, 5) is 10.5. The van der Waals surface area contributed by atoms with Gasteiger partial charge in [-0.1, -0.05) is 30.3 Å². The fraction of sp³-hybridized carbons (Fsp3) is 0.143. The summed E-state index contributed by atoms with van der Waals surface area (Å²) in [5.74, 6) is -0.232. The van der Waals surface area contributed by atoms with Crippen LogP contribution in [-0.4, -0.2) is 17.1 Å². The van der Waals surface area contributed by atoms with Crippen LogP contribution in [0.25, 0.3) is 0 Å². The van der Waals surface area contributed by atoms with Crippen LogP contribution in [0.3, 0.4) is 0 Å². The molecule has 0 heterocycles. The van der Waals surface area contributed by atoms with Crippen molar-refractivity contribution in [2.75, 3.05) is 7.11 Å². The van der Waals surface area contributed by atoms with E-state index in [1.807, 2.05) is 30.3 Å². The highest BCUT2D eigenvalue weighted by atomic mass is 16.6. The number of nitrogens with zero attached hydrogens (tertiary/aromatic N) is 1. The molecule has 0 atom stereocenters. The van der Waals surface area contributed by atoms with Crippen LogP contribution in [0.4, 0.5) is 5.69 Å². The van der Waals surface area contributed by atoms with Crippen LogP contribution in [0.2, 0.25) is 0 Å². The van der Waals surface area contributed by atoms with E-state index in [0.29, 0.717) is 0 Å². The molecule has 20 heavy (non-hydrogen) atoms. The van der Waals surface area contributed by atoms with Crippen LogP contribution in [-0.2, 0) is 6.61 Å². The van der Waals surface area contributed by atoms with Gasteiger partial charge in [0.1, 0.15) is 12.4 Å². The first-order chi connectivity index (χ1) is 9.61. The van der Waals surface area contributed by atoms with E-state index in [1.54, 1.807) is 0 Å². The summed E-state index contributed by atoms with van der Waals surface area (Å²) in [6.07, 6.45) is 0. The number of aromatic hydroxyl groups is 1. The molecule has 0 fully saturated rings. The molecule has 0 bridgehead atoms. The molecule has 0 spiro atoms. The highest BCUT2D eigenvalue weighted by Crippen LogP contribution is 2.40. The van der Waals surface area contributed by atoms with Gasteiger partial charge in [0.05, 0.1) is 12.0 Å². The Morgan fingerprint density at radius 3 is 2.45 bits per heavy atom. The predicted molar refractivity (Wildman–Crippen MR) is 72.1 cm³/mol. The lowest BCUT2D eigenvalue weighted by Crippen LogP contribution is -2.01. The molecule has 104 valence electrons. The Balaban J connectivity index is 2.30. The van der Waals surface area contributed by atoms with Gasteiger partial charge in [0.2, 0.25) is 11.5 Å². The van der Waals surface area contributed by atoms with Crippen molar-refractivity contribution in [3.05, 3.63) is 58.1 Å². The van der Waals surface area contributed by atoms with E-state index >= 15 is 0 Å². The highest BCUT2D eigenvalue weighted by molar-refractivity contribution is 5.60. The maximum Gasteiger partial charge on any atom is 0.352 e. The van der Waals surface area contributed by atoms with Crippen LogP contribution in [0.15, 0.2) is 42.5 Å². The number of benzene rings is 2. The standard InChI is InChI=1S/C14H13NO5/c1-19-12-7-11(16)8-13(14(12)15(17)18)20-9-10-5-3-2-4-6-10/h2-8,16H,9H2,1H3. The van der Waals surface area contributed by atoms with Crippen molar-refractivity contribution in [1.82, 2.24) is 0 Å². The number of nitro groups is 1. The molecule has 2 aromatic rings. The summed E-state index contributed by atoms with van der Waals surface area (Å²) in [5.41, 5.74) is 0.560. The quantitative estimate of drug-likeness (QED) is 0.670. The Morgan fingerprint density at radius 1 is 1.20 bits per heavy atom. The third-order valence-electron chi connectivity index (χ3n) is 2.66. The van der Waals surface area contributed by atoms with Gasteiger partial charge in [-0.25, -0.2) is 0 Å². The minimum atomic E-state index is -0.599. The van der Waals surface area contributed by atoms with Crippen molar-refractivity contribution in [1.29, 1.82) is 0 Å². The number of ether oxygens (including phenoxy) is 2. The van der Waals surface area contributed by atoms with Gasteiger partial charge in [0.15, 0.2) is 0 Å². The molecule has 0 aliphatic carbocycles. The van der Waals surface area contributed by atoms with Crippen LogP contribution in [0, 0.1) is 10.1 Å². The van der Waals surface area contributed by atoms with Gasteiger partial charge < -0.3 is 14.6 Å². The van der Waals surface area contributed by atoms with Crippen LogP contribution >= 0.6 is 0 Å². The zero-order valence-corrected chi connectivity index (χ0v) is 10.8. The molecule has 1 N–H and O–H groups in total. The molecule has 0 amide bonds. The van der Waals surface area contributed by atoms with Crippen molar-refractivity contribution in [3.63, 3.8) is 0 Å². The molecular weight excluding hydrogens is 262 g/mol. The van der Waals surface area contributed by atoms with E-state index in [2.05, 4.69) is 0 Å². The Labute approximate surface area is 115 Å². The maximum absolute atomic E-state index is 11.1. The van der Waals surface area contributed by atoms with Gasteiger partial charge in [-0.2, -0.15) is 0 Å². The monoisotopic (exact) mass is 275 g/mol. The lowest BCUT2D eigenvalue weighted by molar-refractivity contribution is -0.386. The Kier molecular flexibility index (Phi) is 4.05. The van der Waals surface area contributed by atoms with Crippen molar-refractivity contribution in [3.8, 4) is 17.2 Å². The number of hydrogen-bond acceptors (Lipinski definition) is 5. The van der Waals surface area contributed by atoms with Crippen LogP contribution in [0.5, 0.6) is 17.2 Å². The molecule has 2 aromatic carbocycles. The average Bonchev–Trinajstić information content (AvgIpc) is 2.45. The van der Waals surface area contributed by atoms with E-state index in [9.17, 15) is 15.2 Å². The number of phenolic OH excluding ortho intramolecular Hbond substituents is 1. The smallest absolute Gasteiger partial charge is 0.352 e. The van der Waals surface area contributed by atoms with Gasteiger partial charge in [0, 0.05) is 12.1 Å². The molecule has 0 saturated carbocycles. The SMILES string of the molecule is COc1cc(O)cc(OCc2ccccc2)c1[N+](=O)[O-]. The van der Waals surface area contributed by atoms with Gasteiger partial charge in [-0.05, 0) is 5.56 Å². The lowest BCUT2D eigenvalue weighted by Gasteiger charge is -2.10. The summed E-state index contributed by atoms with van der Waals surface area (Å²) in [6.45, 7) is 0.161. The average molecular weight is 275 g/mol. The number of rotatable bonds is 5. The van der Waals surface area contributed by atoms with Crippen molar-refractivity contribution >= 4 is 5.69 Å². The molecule has 6 heteroatoms.